The number of pyridine rings is 1. The lowest BCUT2D eigenvalue weighted by atomic mass is 10.2. The van der Waals surface area contributed by atoms with Crippen molar-refractivity contribution in [3.8, 4) is 0 Å². The number of amides is 1. The lowest BCUT2D eigenvalue weighted by Gasteiger charge is -2.24. The first-order chi connectivity index (χ1) is 8.56. The minimum absolute atomic E-state index is 0.0523. The first-order valence-corrected chi connectivity index (χ1v) is 7.49. The number of nitrogens with zero attached hydrogens (tertiary/aromatic N) is 2. The van der Waals surface area contributed by atoms with Gasteiger partial charge in [0.25, 0.3) is 5.91 Å². The van der Waals surface area contributed by atoms with E-state index in [1.165, 1.54) is 0 Å². The number of hydrogen-bond acceptors (Lipinski definition) is 3. The summed E-state index contributed by atoms with van der Waals surface area (Å²) in [7, 11) is 1.86. The van der Waals surface area contributed by atoms with Crippen LogP contribution < -0.4 is 0 Å². The van der Waals surface area contributed by atoms with Crippen LogP contribution in [0.25, 0.3) is 0 Å². The van der Waals surface area contributed by atoms with E-state index in [1.807, 2.05) is 42.8 Å². The van der Waals surface area contributed by atoms with Gasteiger partial charge in [-0.2, -0.15) is 11.8 Å². The molecule has 1 rings (SSSR count). The monoisotopic (exact) mass is 266 g/mol. The molecule has 1 amide bonds. The second kappa shape index (κ2) is 7.41. The van der Waals surface area contributed by atoms with E-state index in [1.54, 1.807) is 6.20 Å². The third kappa shape index (κ3) is 4.33. The Kier molecular flexibility index (Phi) is 6.19. The van der Waals surface area contributed by atoms with Crippen molar-refractivity contribution in [2.24, 2.45) is 0 Å². The summed E-state index contributed by atoms with van der Waals surface area (Å²) in [4.78, 5) is 18.2. The van der Waals surface area contributed by atoms with Gasteiger partial charge in [0, 0.05) is 25.0 Å². The van der Waals surface area contributed by atoms with Gasteiger partial charge in [-0.15, -0.1) is 0 Å². The van der Waals surface area contributed by atoms with Crippen molar-refractivity contribution in [2.75, 3.05) is 18.6 Å². The first kappa shape index (κ1) is 15.0. The Labute approximate surface area is 114 Å². The van der Waals surface area contributed by atoms with Gasteiger partial charge in [-0.1, -0.05) is 6.92 Å². The summed E-state index contributed by atoms with van der Waals surface area (Å²) in [6.45, 7) is 6.17. The van der Waals surface area contributed by atoms with Crippen LogP contribution in [0.2, 0.25) is 0 Å². The van der Waals surface area contributed by atoms with Crippen molar-refractivity contribution in [3.05, 3.63) is 29.6 Å². The number of aromatic nitrogens is 1. The summed E-state index contributed by atoms with van der Waals surface area (Å²) in [5.74, 6) is 2.28. The third-order valence-corrected chi connectivity index (χ3v) is 3.96. The highest BCUT2D eigenvalue weighted by molar-refractivity contribution is 7.99. The van der Waals surface area contributed by atoms with Crippen molar-refractivity contribution in [3.63, 3.8) is 0 Å². The highest BCUT2D eigenvalue weighted by Crippen LogP contribution is 2.11. The van der Waals surface area contributed by atoms with E-state index < -0.39 is 0 Å². The minimum Gasteiger partial charge on any atom is -0.339 e. The van der Waals surface area contributed by atoms with Crippen LogP contribution in [0.15, 0.2) is 18.3 Å². The molecule has 0 spiro atoms. The molecule has 0 aliphatic carbocycles. The van der Waals surface area contributed by atoms with Gasteiger partial charge < -0.3 is 4.90 Å². The fourth-order valence-corrected chi connectivity index (χ4v) is 2.39. The molecule has 4 heteroatoms. The molecule has 0 fully saturated rings. The Morgan fingerprint density at radius 3 is 2.78 bits per heavy atom. The second-order valence-electron chi connectivity index (χ2n) is 4.44. The number of carbonyl (C=O) groups excluding carboxylic acids is 1. The molecule has 0 aromatic carbocycles. The largest absolute Gasteiger partial charge is 0.339 e. The minimum atomic E-state index is 0.0523. The molecule has 0 saturated carbocycles. The molecular weight excluding hydrogens is 244 g/mol. The molecule has 0 N–H and O–H groups in total. The molecule has 1 aromatic heterocycles. The van der Waals surface area contributed by atoms with Gasteiger partial charge in [0.15, 0.2) is 0 Å². The van der Waals surface area contributed by atoms with E-state index in [2.05, 4.69) is 18.8 Å². The molecule has 0 saturated heterocycles. The molecule has 18 heavy (non-hydrogen) atoms. The third-order valence-electron chi connectivity index (χ3n) is 3.02. The van der Waals surface area contributed by atoms with Crippen LogP contribution in [0, 0.1) is 6.92 Å². The van der Waals surface area contributed by atoms with Crippen LogP contribution in [-0.2, 0) is 0 Å². The molecule has 1 aromatic rings. The average molecular weight is 266 g/mol. The topological polar surface area (TPSA) is 33.2 Å². The first-order valence-electron chi connectivity index (χ1n) is 6.33. The Hall–Kier alpha value is -1.03. The maximum atomic E-state index is 12.2. The van der Waals surface area contributed by atoms with E-state index in [-0.39, 0.29) is 11.9 Å². The van der Waals surface area contributed by atoms with E-state index in [4.69, 9.17) is 0 Å². The standard InChI is InChI=1S/C14H22N2OS/c1-5-18-9-8-12(3)16(4)14(17)13-7-6-11(2)15-10-13/h6-7,10,12H,5,8-9H2,1-4H3/t12-/m1/s1. The van der Waals surface area contributed by atoms with E-state index in [0.717, 1.165) is 23.6 Å². The number of thioether (sulfide) groups is 1. The molecule has 0 unspecified atom stereocenters. The molecule has 0 bridgehead atoms. The van der Waals surface area contributed by atoms with Crippen LogP contribution in [0.1, 0.15) is 36.3 Å². The van der Waals surface area contributed by atoms with E-state index >= 15 is 0 Å². The quantitative estimate of drug-likeness (QED) is 0.742. The van der Waals surface area contributed by atoms with Crippen molar-refractivity contribution < 1.29 is 4.79 Å². The van der Waals surface area contributed by atoms with Gasteiger partial charge >= 0.3 is 0 Å². The van der Waals surface area contributed by atoms with E-state index in [9.17, 15) is 4.79 Å². The Morgan fingerprint density at radius 2 is 2.22 bits per heavy atom. The predicted molar refractivity (Wildman–Crippen MR) is 78.1 cm³/mol. The Bertz CT molecular complexity index is 378. The SMILES string of the molecule is CCSCC[C@@H](C)N(C)C(=O)c1ccc(C)nc1. The number of rotatable bonds is 6. The maximum Gasteiger partial charge on any atom is 0.255 e. The van der Waals surface area contributed by atoms with Crippen molar-refractivity contribution in [2.45, 2.75) is 33.2 Å². The van der Waals surface area contributed by atoms with Crippen LogP contribution in [0.3, 0.4) is 0 Å². The fourth-order valence-electron chi connectivity index (χ4n) is 1.59. The smallest absolute Gasteiger partial charge is 0.255 e. The summed E-state index contributed by atoms with van der Waals surface area (Å²) in [5.41, 5.74) is 1.60. The molecule has 100 valence electrons. The van der Waals surface area contributed by atoms with Gasteiger partial charge in [-0.25, -0.2) is 0 Å². The lowest BCUT2D eigenvalue weighted by Crippen LogP contribution is -2.35. The van der Waals surface area contributed by atoms with Crippen LogP contribution in [-0.4, -0.2) is 40.4 Å². The van der Waals surface area contributed by atoms with Crippen molar-refractivity contribution in [1.82, 2.24) is 9.88 Å². The van der Waals surface area contributed by atoms with Gasteiger partial charge in [-0.05, 0) is 43.9 Å². The highest BCUT2D eigenvalue weighted by atomic mass is 32.2. The zero-order chi connectivity index (χ0) is 13.5. The van der Waals surface area contributed by atoms with Crippen LogP contribution in [0.5, 0.6) is 0 Å². The van der Waals surface area contributed by atoms with Crippen LogP contribution in [0.4, 0.5) is 0 Å². The van der Waals surface area contributed by atoms with Gasteiger partial charge in [-0.3, -0.25) is 9.78 Å². The molecule has 0 radical (unpaired) electrons. The Morgan fingerprint density at radius 1 is 1.50 bits per heavy atom. The number of hydrogen-bond donors (Lipinski definition) is 0. The summed E-state index contributed by atoms with van der Waals surface area (Å²) in [5, 5.41) is 0. The van der Waals surface area contributed by atoms with Crippen molar-refractivity contribution >= 4 is 17.7 Å². The summed E-state index contributed by atoms with van der Waals surface area (Å²) < 4.78 is 0. The molecule has 1 atom stereocenters. The number of carbonyl (C=O) groups is 1. The van der Waals surface area contributed by atoms with Crippen molar-refractivity contribution in [1.29, 1.82) is 0 Å². The van der Waals surface area contributed by atoms with Gasteiger partial charge in [0.2, 0.25) is 0 Å². The van der Waals surface area contributed by atoms with Gasteiger partial charge in [0.05, 0.1) is 5.56 Å². The molecule has 1 heterocycles. The second-order valence-corrected chi connectivity index (χ2v) is 5.83. The zero-order valence-corrected chi connectivity index (χ0v) is 12.5. The molecule has 0 aliphatic rings. The highest BCUT2D eigenvalue weighted by Gasteiger charge is 2.17. The summed E-state index contributed by atoms with van der Waals surface area (Å²) >= 11 is 1.91. The lowest BCUT2D eigenvalue weighted by molar-refractivity contribution is 0.0741. The summed E-state index contributed by atoms with van der Waals surface area (Å²) in [6.07, 6.45) is 2.68. The molecular formula is C14H22N2OS. The fraction of sp³-hybridized carbons (Fsp3) is 0.571. The normalized spacial score (nSPS) is 12.2. The predicted octanol–water partition coefficient (Wildman–Crippen LogP) is 2.99. The zero-order valence-electron chi connectivity index (χ0n) is 11.6. The van der Waals surface area contributed by atoms with Gasteiger partial charge in [0.1, 0.15) is 0 Å². The summed E-state index contributed by atoms with van der Waals surface area (Å²) in [6, 6.07) is 3.98. The molecule has 3 nitrogen and oxygen atoms in total. The number of aryl methyl sites for hydroxylation is 1. The maximum absolute atomic E-state index is 12.2. The molecule has 0 aliphatic heterocycles. The average Bonchev–Trinajstić information content (AvgIpc) is 2.38. The Balaban J connectivity index is 2.57. The van der Waals surface area contributed by atoms with E-state index in [0.29, 0.717) is 5.56 Å². The van der Waals surface area contributed by atoms with Crippen LogP contribution >= 0.6 is 11.8 Å².